The monoisotopic (exact) mass is 205 g/mol. The summed E-state index contributed by atoms with van der Waals surface area (Å²) in [5, 5.41) is 18.2. The summed E-state index contributed by atoms with van der Waals surface area (Å²) in [6, 6.07) is -1.08. The minimum absolute atomic E-state index is 0.0165. The van der Waals surface area contributed by atoms with E-state index in [1.54, 1.807) is 21.1 Å². The van der Waals surface area contributed by atoms with Crippen molar-refractivity contribution >= 4 is 11.8 Å². The number of aliphatic carboxylic acids is 1. The van der Waals surface area contributed by atoms with Crippen molar-refractivity contribution in [2.24, 2.45) is 0 Å². The summed E-state index contributed by atoms with van der Waals surface area (Å²) in [5.74, 6) is -1.70. The summed E-state index contributed by atoms with van der Waals surface area (Å²) < 4.78 is 7.55. The summed E-state index contributed by atoms with van der Waals surface area (Å²) in [4.78, 5) is 21.8. The maximum Gasteiger partial charge on any atom is 0.306 e. The molecule has 0 aliphatic heterocycles. The van der Waals surface area contributed by atoms with Crippen molar-refractivity contribution in [3.05, 3.63) is 0 Å². The van der Waals surface area contributed by atoms with Crippen LogP contribution in [0.1, 0.15) is 14.7 Å². The largest absolute Gasteiger partial charge is 0.481 e. The molecule has 5 heteroatoms. The van der Waals surface area contributed by atoms with E-state index in [2.05, 4.69) is 0 Å². The van der Waals surface area contributed by atoms with Gasteiger partial charge in [-0.05, 0) is 0 Å². The van der Waals surface area contributed by atoms with Crippen LogP contribution in [0, 0.1) is 0 Å². The molecule has 0 fully saturated rings. The van der Waals surface area contributed by atoms with Gasteiger partial charge in [0.2, 0.25) is 0 Å². The molecule has 0 amide bonds. The third-order valence-electron chi connectivity index (χ3n) is 1.81. The van der Waals surface area contributed by atoms with Crippen molar-refractivity contribution < 1.29 is 25.7 Å². The average Bonchev–Trinajstić information content (AvgIpc) is 1.74. The normalized spacial score (nSPS) is 19.4. The first-order valence-corrected chi connectivity index (χ1v) is 4.24. The molecule has 0 radical (unpaired) electrons. The molecule has 2 unspecified atom stereocenters. The van der Waals surface area contributed by atoms with Gasteiger partial charge in [0.25, 0.3) is 0 Å². The van der Waals surface area contributed by atoms with E-state index in [0.717, 1.165) is 0 Å². The lowest BCUT2D eigenvalue weighted by molar-refractivity contribution is -0.889. The maximum atomic E-state index is 11.3. The lowest BCUT2D eigenvalue weighted by atomic mass is 10.0. The van der Waals surface area contributed by atoms with E-state index in [9.17, 15) is 14.7 Å². The number of quaternary nitrogens is 1. The molecule has 0 aliphatic carbocycles. The molecule has 2 N–H and O–H groups in total. The van der Waals surface area contributed by atoms with Crippen LogP contribution in [0.15, 0.2) is 0 Å². The number of hydrogen-bond donors (Lipinski definition) is 2. The zero-order valence-corrected chi connectivity index (χ0v) is 8.94. The van der Waals surface area contributed by atoms with Crippen LogP contribution in [0.3, 0.4) is 0 Å². The summed E-state index contributed by atoms with van der Waals surface area (Å²) >= 11 is 0. The van der Waals surface area contributed by atoms with Gasteiger partial charge in [-0.15, -0.1) is 0 Å². The number of Topliss-reactive ketones (excluding diaryl/α,β-unsaturated/α-hetero) is 1. The summed E-state index contributed by atoms with van der Waals surface area (Å²) in [6.45, 7) is 1.25. The highest BCUT2D eigenvalue weighted by molar-refractivity contribution is 5.81. The van der Waals surface area contributed by atoms with Crippen molar-refractivity contribution in [2.45, 2.75) is 25.5 Å². The van der Waals surface area contributed by atoms with Gasteiger partial charge in [0.15, 0.2) is 11.8 Å². The molecule has 0 saturated carbocycles. The number of ketones is 1. The first kappa shape index (κ1) is 11.1. The van der Waals surface area contributed by atoms with Crippen molar-refractivity contribution in [3.63, 3.8) is 0 Å². The number of aliphatic hydroxyl groups is 1. The van der Waals surface area contributed by atoms with Gasteiger partial charge in [-0.1, -0.05) is 0 Å². The highest BCUT2D eigenvalue weighted by atomic mass is 16.4. The first-order valence-electron chi connectivity index (χ1n) is 4.74. The van der Waals surface area contributed by atoms with Gasteiger partial charge in [0.05, 0.1) is 28.9 Å². The van der Waals surface area contributed by atoms with Crippen LogP contribution in [-0.4, -0.2) is 59.7 Å². The summed E-state index contributed by atoms with van der Waals surface area (Å²) in [6.07, 6.45) is -3.05. The second-order valence-corrected chi connectivity index (χ2v) is 4.19. The number of carboxylic acids is 1. The van der Waals surface area contributed by atoms with Gasteiger partial charge < -0.3 is 14.7 Å². The molecule has 0 aromatic rings. The Labute approximate surface area is 84.9 Å². The molecule has 82 valence electrons. The van der Waals surface area contributed by atoms with Gasteiger partial charge >= 0.3 is 5.97 Å². The lowest BCUT2D eigenvalue weighted by Crippen LogP contribution is -2.55. The topological polar surface area (TPSA) is 74.6 Å². The van der Waals surface area contributed by atoms with Crippen molar-refractivity contribution in [2.75, 3.05) is 21.1 Å². The molecular weight excluding hydrogens is 186 g/mol. The molecule has 5 nitrogen and oxygen atoms in total. The molecule has 0 bridgehead atoms. The van der Waals surface area contributed by atoms with Crippen LogP contribution in [0.5, 0.6) is 0 Å². The van der Waals surface area contributed by atoms with Gasteiger partial charge in [0.1, 0.15) is 6.08 Å². The predicted octanol–water partition coefficient (Wildman–Crippen LogP) is -0.514. The fraction of sp³-hybridized carbons (Fsp3) is 0.778. The standard InChI is InChI=1S/C9H17NO4/c1-6(11)9(10(2,3)4)7(12)5-8(13)14/h7,9,12H,5H2,1-4H3/p+1/i7D. The number of nitrogens with zero attached hydrogens (tertiary/aromatic N) is 1. The second-order valence-electron chi connectivity index (χ2n) is 4.19. The van der Waals surface area contributed by atoms with Crippen LogP contribution >= 0.6 is 0 Å². The number of likely N-dealkylation sites (N-methyl/N-ethyl adjacent to an activating group) is 1. The Kier molecular flexibility index (Phi) is 3.60. The third-order valence-corrected chi connectivity index (χ3v) is 1.81. The Morgan fingerprint density at radius 2 is 1.86 bits per heavy atom. The smallest absolute Gasteiger partial charge is 0.306 e. The van der Waals surface area contributed by atoms with E-state index >= 15 is 0 Å². The van der Waals surface area contributed by atoms with Crippen molar-refractivity contribution in [3.8, 4) is 0 Å². The number of carbonyl (C=O) groups excluding carboxylic acids is 1. The van der Waals surface area contributed by atoms with Crippen LogP contribution in [0.2, 0.25) is 0 Å². The van der Waals surface area contributed by atoms with E-state index in [4.69, 9.17) is 6.48 Å². The molecule has 0 aromatic carbocycles. The van der Waals surface area contributed by atoms with E-state index in [-0.39, 0.29) is 4.48 Å². The highest BCUT2D eigenvalue weighted by Crippen LogP contribution is 2.12. The fourth-order valence-electron chi connectivity index (χ4n) is 1.48. The molecule has 0 aromatic heterocycles. The Morgan fingerprint density at radius 1 is 1.43 bits per heavy atom. The third kappa shape index (κ3) is 3.85. The van der Waals surface area contributed by atoms with E-state index in [1.807, 2.05) is 0 Å². The SMILES string of the molecule is [2H]C(O)(CC(=O)O)C(C(C)=O)[N+](C)(C)C. The average molecular weight is 205 g/mol. The zero-order valence-electron chi connectivity index (χ0n) is 9.94. The van der Waals surface area contributed by atoms with Gasteiger partial charge in [-0.25, -0.2) is 0 Å². The summed E-state index contributed by atoms with van der Waals surface area (Å²) in [5.41, 5.74) is 0. The lowest BCUT2D eigenvalue weighted by Gasteiger charge is -2.34. The highest BCUT2D eigenvalue weighted by Gasteiger charge is 2.36. The molecule has 0 heterocycles. The van der Waals surface area contributed by atoms with Gasteiger partial charge in [-0.2, -0.15) is 0 Å². The quantitative estimate of drug-likeness (QED) is 0.593. The Morgan fingerprint density at radius 3 is 2.07 bits per heavy atom. The zero-order chi connectivity index (χ0) is 12.4. The van der Waals surface area contributed by atoms with Crippen LogP contribution in [-0.2, 0) is 9.59 Å². The van der Waals surface area contributed by atoms with Crippen LogP contribution in [0.25, 0.3) is 0 Å². The number of rotatable bonds is 5. The van der Waals surface area contributed by atoms with Crippen LogP contribution < -0.4 is 0 Å². The predicted molar refractivity (Wildman–Crippen MR) is 50.8 cm³/mol. The van der Waals surface area contributed by atoms with Crippen molar-refractivity contribution in [1.82, 2.24) is 0 Å². The Balaban J connectivity index is 5.08. The van der Waals surface area contributed by atoms with Crippen LogP contribution in [0.4, 0.5) is 0 Å². The number of carboxylic acid groups (broad SMARTS) is 1. The van der Waals surface area contributed by atoms with Gasteiger partial charge in [0, 0.05) is 6.92 Å². The fourth-order valence-corrected chi connectivity index (χ4v) is 1.48. The van der Waals surface area contributed by atoms with Crippen molar-refractivity contribution in [1.29, 1.82) is 0 Å². The molecule has 14 heavy (non-hydrogen) atoms. The minimum atomic E-state index is -2.28. The van der Waals surface area contributed by atoms with Gasteiger partial charge in [-0.3, -0.25) is 9.59 Å². The van der Waals surface area contributed by atoms with E-state index < -0.39 is 30.3 Å². The Hall–Kier alpha value is -0.940. The number of hydrogen-bond acceptors (Lipinski definition) is 3. The summed E-state index contributed by atoms with van der Waals surface area (Å²) in [7, 11) is 4.90. The maximum absolute atomic E-state index is 11.3. The molecule has 0 rings (SSSR count). The second kappa shape index (κ2) is 4.52. The van der Waals surface area contributed by atoms with E-state index in [0.29, 0.717) is 0 Å². The molecule has 0 aliphatic rings. The van der Waals surface area contributed by atoms with E-state index in [1.165, 1.54) is 6.92 Å². The molecule has 0 spiro atoms. The molecule has 2 atom stereocenters. The molecular formula is C9H18NO4+. The minimum Gasteiger partial charge on any atom is -0.481 e. The Bertz CT molecular complexity index is 270. The molecule has 0 saturated heterocycles. The number of carbonyl (C=O) groups is 2. The first-order chi connectivity index (χ1) is 6.48.